The van der Waals surface area contributed by atoms with E-state index in [1.807, 2.05) is 12.1 Å². The third-order valence-corrected chi connectivity index (χ3v) is 2.14. The van der Waals surface area contributed by atoms with Crippen molar-refractivity contribution in [3.8, 4) is 5.75 Å². The Morgan fingerprint density at radius 2 is 2.18 bits per heavy atom. The molecule has 2 rings (SSSR count). The number of ether oxygens (including phenoxy) is 1. The predicted molar refractivity (Wildman–Crippen MR) is 49.1 cm³/mol. The first-order chi connectivity index (χ1) is 4.86. The van der Waals surface area contributed by atoms with E-state index in [1.54, 1.807) is 0 Å². The number of hydrogen-bond donors (Lipinski definition) is 0. The summed E-state index contributed by atoms with van der Waals surface area (Å²) in [7, 11) is 0. The molecular formula is C8H7BrMgO+2. The molecule has 1 aliphatic rings. The summed E-state index contributed by atoms with van der Waals surface area (Å²) in [6, 6.07) is 6.12. The summed E-state index contributed by atoms with van der Waals surface area (Å²) in [4.78, 5) is 0. The first kappa shape index (κ1) is 9.35. The molecule has 0 saturated carbocycles. The van der Waals surface area contributed by atoms with Gasteiger partial charge in [-0.3, -0.25) is 0 Å². The van der Waals surface area contributed by atoms with Gasteiger partial charge in [-0.25, -0.2) is 0 Å². The van der Waals surface area contributed by atoms with E-state index < -0.39 is 0 Å². The van der Waals surface area contributed by atoms with Gasteiger partial charge in [-0.1, -0.05) is 15.9 Å². The van der Waals surface area contributed by atoms with Crippen molar-refractivity contribution in [1.82, 2.24) is 0 Å². The van der Waals surface area contributed by atoms with Gasteiger partial charge in [0.1, 0.15) is 5.75 Å². The van der Waals surface area contributed by atoms with Gasteiger partial charge in [-0.15, -0.1) is 0 Å². The number of hydrogen-bond acceptors (Lipinski definition) is 1. The smallest absolute Gasteiger partial charge is 0.493 e. The van der Waals surface area contributed by atoms with E-state index in [9.17, 15) is 0 Å². The number of rotatable bonds is 0. The molecule has 0 bridgehead atoms. The summed E-state index contributed by atoms with van der Waals surface area (Å²) >= 11 is 3.41. The van der Waals surface area contributed by atoms with Gasteiger partial charge in [-0.2, -0.15) is 0 Å². The fourth-order valence-electron chi connectivity index (χ4n) is 1.16. The normalized spacial score (nSPS) is 13.2. The van der Waals surface area contributed by atoms with E-state index >= 15 is 0 Å². The van der Waals surface area contributed by atoms with E-state index in [4.69, 9.17) is 4.74 Å². The molecule has 1 nitrogen and oxygen atoms in total. The molecule has 11 heavy (non-hydrogen) atoms. The number of fused-ring (bicyclic) bond motifs is 1. The summed E-state index contributed by atoms with van der Waals surface area (Å²) < 4.78 is 6.47. The van der Waals surface area contributed by atoms with Crippen LogP contribution in [0.5, 0.6) is 5.75 Å². The Morgan fingerprint density at radius 1 is 1.36 bits per heavy atom. The van der Waals surface area contributed by atoms with Gasteiger partial charge in [-0.05, 0) is 23.8 Å². The molecule has 0 saturated heterocycles. The van der Waals surface area contributed by atoms with Crippen molar-refractivity contribution in [2.45, 2.75) is 6.42 Å². The van der Waals surface area contributed by atoms with Crippen molar-refractivity contribution in [2.24, 2.45) is 0 Å². The zero-order valence-corrected chi connectivity index (χ0v) is 9.14. The fraction of sp³-hybridized carbons (Fsp3) is 0.250. The molecule has 52 valence electrons. The summed E-state index contributed by atoms with van der Waals surface area (Å²) in [5.41, 5.74) is 1.31. The van der Waals surface area contributed by atoms with Gasteiger partial charge in [0.05, 0.1) is 6.61 Å². The van der Waals surface area contributed by atoms with Crippen molar-refractivity contribution < 1.29 is 4.74 Å². The van der Waals surface area contributed by atoms with E-state index in [1.165, 1.54) is 5.56 Å². The predicted octanol–water partition coefficient (Wildman–Crippen LogP) is 2.00. The zero-order valence-electron chi connectivity index (χ0n) is 6.14. The van der Waals surface area contributed by atoms with Crippen LogP contribution in [0, 0.1) is 0 Å². The first-order valence-electron chi connectivity index (χ1n) is 3.27. The van der Waals surface area contributed by atoms with Crippen LogP contribution in [0.3, 0.4) is 0 Å². The van der Waals surface area contributed by atoms with Crippen LogP contribution >= 0.6 is 15.9 Å². The Hall–Kier alpha value is 0.266. The van der Waals surface area contributed by atoms with E-state index in [0.29, 0.717) is 0 Å². The van der Waals surface area contributed by atoms with E-state index in [2.05, 4.69) is 22.0 Å². The van der Waals surface area contributed by atoms with Crippen molar-refractivity contribution in [2.75, 3.05) is 6.61 Å². The van der Waals surface area contributed by atoms with E-state index in [-0.39, 0.29) is 23.1 Å². The maximum absolute atomic E-state index is 5.33. The van der Waals surface area contributed by atoms with Gasteiger partial charge >= 0.3 is 23.1 Å². The monoisotopic (exact) mass is 222 g/mol. The summed E-state index contributed by atoms with van der Waals surface area (Å²) in [6.45, 7) is 0.839. The molecule has 0 unspecified atom stereocenters. The average Bonchev–Trinajstić information content (AvgIpc) is 2.33. The quantitative estimate of drug-likeness (QED) is 0.611. The molecule has 1 aromatic rings. The number of benzene rings is 1. The van der Waals surface area contributed by atoms with Crippen LogP contribution in [0.15, 0.2) is 22.7 Å². The van der Waals surface area contributed by atoms with Crippen LogP contribution in [0.4, 0.5) is 0 Å². The molecule has 1 heterocycles. The Labute approximate surface area is 90.4 Å². The van der Waals surface area contributed by atoms with Gasteiger partial charge in [0, 0.05) is 10.9 Å². The SMILES string of the molecule is Brc1ccc2c(c1)CCO2.[Mg+2]. The minimum Gasteiger partial charge on any atom is -0.493 e. The molecule has 0 aliphatic carbocycles. The molecule has 0 radical (unpaired) electrons. The standard InChI is InChI=1S/C8H7BrO.Mg/c9-7-1-2-8-6(5-7)3-4-10-8;/h1-2,5H,3-4H2;/q;+2. The third-order valence-electron chi connectivity index (χ3n) is 1.65. The van der Waals surface area contributed by atoms with Crippen LogP contribution in [0.2, 0.25) is 0 Å². The minimum atomic E-state index is 0. The molecule has 0 atom stereocenters. The molecule has 0 N–H and O–H groups in total. The molecule has 0 spiro atoms. The van der Waals surface area contributed by atoms with Crippen molar-refractivity contribution >= 4 is 39.0 Å². The first-order valence-corrected chi connectivity index (χ1v) is 4.07. The van der Waals surface area contributed by atoms with Gasteiger partial charge < -0.3 is 4.74 Å². The average molecular weight is 223 g/mol. The molecule has 1 aromatic carbocycles. The molecule has 3 heteroatoms. The maximum atomic E-state index is 5.33. The molecule has 0 aromatic heterocycles. The van der Waals surface area contributed by atoms with Gasteiger partial charge in [0.15, 0.2) is 0 Å². The summed E-state index contributed by atoms with van der Waals surface area (Å²) in [5.74, 6) is 1.04. The number of halogens is 1. The van der Waals surface area contributed by atoms with Gasteiger partial charge in [0.2, 0.25) is 0 Å². The van der Waals surface area contributed by atoms with Crippen LogP contribution in [-0.2, 0) is 6.42 Å². The van der Waals surface area contributed by atoms with Crippen LogP contribution in [0.1, 0.15) is 5.56 Å². The topological polar surface area (TPSA) is 9.23 Å². The minimum absolute atomic E-state index is 0. The van der Waals surface area contributed by atoms with Crippen molar-refractivity contribution in [3.63, 3.8) is 0 Å². The molecule has 1 aliphatic heterocycles. The summed E-state index contributed by atoms with van der Waals surface area (Å²) in [6.07, 6.45) is 1.05. The van der Waals surface area contributed by atoms with Crippen LogP contribution < -0.4 is 4.74 Å². The van der Waals surface area contributed by atoms with Gasteiger partial charge in [0.25, 0.3) is 0 Å². The second kappa shape index (κ2) is 3.78. The van der Waals surface area contributed by atoms with Crippen LogP contribution in [0.25, 0.3) is 0 Å². The molecule has 0 amide bonds. The van der Waals surface area contributed by atoms with Crippen molar-refractivity contribution in [3.05, 3.63) is 28.2 Å². The van der Waals surface area contributed by atoms with E-state index in [0.717, 1.165) is 23.2 Å². The van der Waals surface area contributed by atoms with Crippen molar-refractivity contribution in [1.29, 1.82) is 0 Å². The largest absolute Gasteiger partial charge is 2.00 e. The Kier molecular flexibility index (Phi) is 3.22. The third kappa shape index (κ3) is 1.89. The zero-order chi connectivity index (χ0) is 6.97. The Bertz CT molecular complexity index is 262. The molecule has 0 fully saturated rings. The summed E-state index contributed by atoms with van der Waals surface area (Å²) in [5, 5.41) is 0. The Balaban J connectivity index is 0.000000605. The molecular weight excluding hydrogens is 216 g/mol. The second-order valence-electron chi connectivity index (χ2n) is 2.35. The van der Waals surface area contributed by atoms with Crippen LogP contribution in [-0.4, -0.2) is 29.7 Å². The second-order valence-corrected chi connectivity index (χ2v) is 3.27. The maximum Gasteiger partial charge on any atom is 2.00 e. The fourth-order valence-corrected chi connectivity index (χ4v) is 1.56. The Morgan fingerprint density at radius 3 is 3.00 bits per heavy atom.